The van der Waals surface area contributed by atoms with Gasteiger partial charge < -0.3 is 4.90 Å². The van der Waals surface area contributed by atoms with Crippen LogP contribution < -0.4 is 4.90 Å². The molecule has 0 N–H and O–H groups in total. The first-order valence-electron chi connectivity index (χ1n) is 7.19. The fourth-order valence-corrected chi connectivity index (χ4v) is 3.56. The highest BCUT2D eigenvalue weighted by atomic mass is 32.1. The minimum atomic E-state index is 1.11. The molecule has 1 aliphatic rings. The van der Waals surface area contributed by atoms with E-state index in [1.165, 1.54) is 42.3 Å². The maximum absolute atomic E-state index is 4.75. The molecule has 0 unspecified atom stereocenters. The van der Waals surface area contributed by atoms with Crippen molar-refractivity contribution in [1.29, 1.82) is 0 Å². The van der Waals surface area contributed by atoms with E-state index in [0.29, 0.717) is 0 Å². The molecule has 0 spiro atoms. The highest BCUT2D eigenvalue weighted by molar-refractivity contribution is 7.22. The monoisotopic (exact) mass is 275 g/mol. The van der Waals surface area contributed by atoms with Crippen LogP contribution in [-0.4, -0.2) is 42.6 Å². The fourth-order valence-electron chi connectivity index (χ4n) is 2.54. The van der Waals surface area contributed by atoms with Crippen LogP contribution in [0.1, 0.15) is 19.8 Å². The summed E-state index contributed by atoms with van der Waals surface area (Å²) in [4.78, 5) is 9.76. The van der Waals surface area contributed by atoms with E-state index in [0.717, 1.165) is 18.6 Å². The van der Waals surface area contributed by atoms with Gasteiger partial charge >= 0.3 is 0 Å². The Hall–Kier alpha value is -1.13. The molecule has 2 aromatic rings. The average molecular weight is 275 g/mol. The van der Waals surface area contributed by atoms with Gasteiger partial charge in [0.25, 0.3) is 0 Å². The summed E-state index contributed by atoms with van der Waals surface area (Å²) in [5.41, 5.74) is 1.14. The number of hydrogen-bond acceptors (Lipinski definition) is 4. The average Bonchev–Trinajstić information content (AvgIpc) is 2.89. The molecule has 1 fully saturated rings. The van der Waals surface area contributed by atoms with Crippen LogP contribution in [0.3, 0.4) is 0 Å². The number of aromatic nitrogens is 1. The lowest BCUT2D eigenvalue weighted by atomic mass is 10.2. The minimum Gasteiger partial charge on any atom is -0.345 e. The van der Waals surface area contributed by atoms with Gasteiger partial charge in [-0.2, -0.15) is 0 Å². The van der Waals surface area contributed by atoms with Crippen LogP contribution in [0.5, 0.6) is 0 Å². The third-order valence-corrected chi connectivity index (χ3v) is 4.85. The quantitative estimate of drug-likeness (QED) is 0.854. The number of rotatable bonds is 4. The molecule has 0 bridgehead atoms. The Morgan fingerprint density at radius 2 is 1.95 bits per heavy atom. The summed E-state index contributed by atoms with van der Waals surface area (Å²) in [6.07, 6.45) is 2.61. The Kier molecular flexibility index (Phi) is 3.99. The van der Waals surface area contributed by atoms with E-state index in [4.69, 9.17) is 4.98 Å². The number of thiazole rings is 1. The molecule has 1 aromatic carbocycles. The number of benzene rings is 1. The van der Waals surface area contributed by atoms with Crippen molar-refractivity contribution in [3.63, 3.8) is 0 Å². The molecular weight excluding hydrogens is 254 g/mol. The summed E-state index contributed by atoms with van der Waals surface area (Å²) in [5, 5.41) is 1.19. The van der Waals surface area contributed by atoms with Crippen molar-refractivity contribution < 1.29 is 0 Å². The van der Waals surface area contributed by atoms with Crippen LogP contribution in [0.25, 0.3) is 10.2 Å². The van der Waals surface area contributed by atoms with Crippen LogP contribution in [0.4, 0.5) is 5.13 Å². The summed E-state index contributed by atoms with van der Waals surface area (Å²) < 4.78 is 1.30. The Labute approximate surface area is 118 Å². The van der Waals surface area contributed by atoms with Crippen molar-refractivity contribution in [2.45, 2.75) is 19.8 Å². The molecular formula is C15H21N3S. The third-order valence-electron chi connectivity index (χ3n) is 3.75. The normalized spacial score (nSPS) is 17.2. The van der Waals surface area contributed by atoms with E-state index in [1.807, 2.05) is 11.3 Å². The van der Waals surface area contributed by atoms with Gasteiger partial charge in [-0.3, -0.25) is 4.90 Å². The predicted octanol–water partition coefficient (Wildman–Crippen LogP) is 3.22. The van der Waals surface area contributed by atoms with Crippen LogP contribution in [-0.2, 0) is 0 Å². The first kappa shape index (κ1) is 12.9. The Morgan fingerprint density at radius 3 is 2.68 bits per heavy atom. The van der Waals surface area contributed by atoms with E-state index in [1.54, 1.807) is 0 Å². The molecule has 0 aliphatic carbocycles. The zero-order valence-corrected chi connectivity index (χ0v) is 12.3. The standard InChI is InChI=1S/C15H21N3S/c1-2-3-8-17-9-11-18(12-10-17)15-16-13-6-4-5-7-14(13)19-15/h4-7H,2-3,8-12H2,1H3. The zero-order chi connectivity index (χ0) is 13.1. The zero-order valence-electron chi connectivity index (χ0n) is 11.5. The third kappa shape index (κ3) is 2.90. The second-order valence-corrected chi connectivity index (χ2v) is 6.16. The number of unbranched alkanes of at least 4 members (excludes halogenated alkanes) is 1. The van der Waals surface area contributed by atoms with Crippen molar-refractivity contribution in [2.24, 2.45) is 0 Å². The molecule has 1 aliphatic heterocycles. The van der Waals surface area contributed by atoms with Crippen molar-refractivity contribution >= 4 is 26.7 Å². The molecule has 0 atom stereocenters. The summed E-state index contributed by atoms with van der Waals surface area (Å²) in [6.45, 7) is 8.10. The number of anilines is 1. The van der Waals surface area contributed by atoms with Gasteiger partial charge in [-0.1, -0.05) is 36.8 Å². The Bertz CT molecular complexity index is 496. The number of piperazine rings is 1. The van der Waals surface area contributed by atoms with E-state index in [-0.39, 0.29) is 0 Å². The lowest BCUT2D eigenvalue weighted by molar-refractivity contribution is 0.254. The van der Waals surface area contributed by atoms with Gasteiger partial charge in [0.1, 0.15) is 0 Å². The number of nitrogens with zero attached hydrogens (tertiary/aromatic N) is 3. The van der Waals surface area contributed by atoms with Crippen molar-refractivity contribution in [3.05, 3.63) is 24.3 Å². The molecule has 2 heterocycles. The molecule has 19 heavy (non-hydrogen) atoms. The van der Waals surface area contributed by atoms with Crippen LogP contribution in [0.15, 0.2) is 24.3 Å². The van der Waals surface area contributed by atoms with Gasteiger partial charge in [-0.05, 0) is 25.1 Å². The van der Waals surface area contributed by atoms with Gasteiger partial charge in [-0.25, -0.2) is 4.98 Å². The molecule has 1 aromatic heterocycles. The molecule has 0 amide bonds. The predicted molar refractivity (Wildman–Crippen MR) is 83.2 cm³/mol. The largest absolute Gasteiger partial charge is 0.345 e. The smallest absolute Gasteiger partial charge is 0.186 e. The van der Waals surface area contributed by atoms with Gasteiger partial charge in [0.15, 0.2) is 5.13 Å². The fraction of sp³-hybridized carbons (Fsp3) is 0.533. The molecule has 4 heteroatoms. The number of hydrogen-bond donors (Lipinski definition) is 0. The van der Waals surface area contributed by atoms with Gasteiger partial charge in [-0.15, -0.1) is 0 Å². The summed E-state index contributed by atoms with van der Waals surface area (Å²) >= 11 is 1.82. The first-order chi connectivity index (χ1) is 9.36. The first-order valence-corrected chi connectivity index (χ1v) is 8.01. The molecule has 3 nitrogen and oxygen atoms in total. The Balaban J connectivity index is 1.64. The second-order valence-electron chi connectivity index (χ2n) is 5.15. The lowest BCUT2D eigenvalue weighted by Crippen LogP contribution is -2.46. The molecule has 0 saturated carbocycles. The summed E-state index contributed by atoms with van der Waals surface area (Å²) in [7, 11) is 0. The van der Waals surface area contributed by atoms with Gasteiger partial charge in [0.05, 0.1) is 10.2 Å². The summed E-state index contributed by atoms with van der Waals surface area (Å²) in [5.74, 6) is 0. The van der Waals surface area contributed by atoms with E-state index >= 15 is 0 Å². The lowest BCUT2D eigenvalue weighted by Gasteiger charge is -2.34. The molecule has 1 saturated heterocycles. The van der Waals surface area contributed by atoms with Crippen molar-refractivity contribution in [1.82, 2.24) is 9.88 Å². The second kappa shape index (κ2) is 5.88. The van der Waals surface area contributed by atoms with Crippen molar-refractivity contribution in [2.75, 3.05) is 37.6 Å². The maximum Gasteiger partial charge on any atom is 0.186 e. The topological polar surface area (TPSA) is 19.4 Å². The van der Waals surface area contributed by atoms with Gasteiger partial charge in [0, 0.05) is 26.2 Å². The highest BCUT2D eigenvalue weighted by Gasteiger charge is 2.19. The SMILES string of the molecule is CCCCN1CCN(c2nc3ccccc3s2)CC1. The summed E-state index contributed by atoms with van der Waals surface area (Å²) in [6, 6.07) is 8.42. The molecule has 0 radical (unpaired) electrons. The van der Waals surface area contributed by atoms with Crippen LogP contribution in [0, 0.1) is 0 Å². The van der Waals surface area contributed by atoms with E-state index in [2.05, 4.69) is 41.0 Å². The minimum absolute atomic E-state index is 1.11. The highest BCUT2D eigenvalue weighted by Crippen LogP contribution is 2.29. The van der Waals surface area contributed by atoms with Crippen LogP contribution >= 0.6 is 11.3 Å². The molecule has 102 valence electrons. The Morgan fingerprint density at radius 1 is 1.16 bits per heavy atom. The van der Waals surface area contributed by atoms with Crippen LogP contribution in [0.2, 0.25) is 0 Å². The van der Waals surface area contributed by atoms with Gasteiger partial charge in [0.2, 0.25) is 0 Å². The van der Waals surface area contributed by atoms with Crippen molar-refractivity contribution in [3.8, 4) is 0 Å². The number of para-hydroxylation sites is 1. The number of fused-ring (bicyclic) bond motifs is 1. The van der Waals surface area contributed by atoms with E-state index in [9.17, 15) is 0 Å². The van der Waals surface area contributed by atoms with E-state index < -0.39 is 0 Å². The maximum atomic E-state index is 4.75. The molecule has 3 rings (SSSR count).